The number of allylic oxidation sites excluding steroid dienone is 2. The molecule has 5 aliphatic carbocycles. The van der Waals surface area contributed by atoms with Crippen molar-refractivity contribution in [3.05, 3.63) is 11.6 Å². The largest absolute Gasteiger partial charge is 0.432 e. The van der Waals surface area contributed by atoms with Gasteiger partial charge in [0, 0.05) is 0 Å². The van der Waals surface area contributed by atoms with Gasteiger partial charge in [-0.3, -0.25) is 4.79 Å². The first-order chi connectivity index (χ1) is 34.6. The summed E-state index contributed by atoms with van der Waals surface area (Å²) in [5.74, 6) is -0.351. The van der Waals surface area contributed by atoms with Crippen LogP contribution in [0.1, 0.15) is 120 Å². The first-order valence-corrected chi connectivity index (χ1v) is 27.1. The van der Waals surface area contributed by atoms with Crippen molar-refractivity contribution >= 4 is 5.97 Å². The fourth-order valence-electron chi connectivity index (χ4n) is 16.1. The number of aliphatic hydroxyl groups is 12. The monoisotopic (exact) mass is 1060 g/mol. The fourth-order valence-corrected chi connectivity index (χ4v) is 16.1. The Hall–Kier alpha value is -1.55. The Bertz CT molecular complexity index is 2040. The molecule has 4 saturated heterocycles. The number of rotatable bonds is 10. The van der Waals surface area contributed by atoms with Gasteiger partial charge in [-0.05, 0) is 116 Å². The van der Waals surface area contributed by atoms with Crippen molar-refractivity contribution in [1.82, 2.24) is 0 Å². The van der Waals surface area contributed by atoms with Crippen LogP contribution in [-0.2, 0) is 42.7 Å². The molecule has 0 radical (unpaired) electrons. The van der Waals surface area contributed by atoms with Crippen LogP contribution < -0.4 is 0 Å². The SMILES string of the molecule is C[C@@H]1O[C@@H](O[C@H]2[C@H](OC(=O)[C@]34CCC(C)(C)CC3C3=CCC5[C@@]6(C)CC[C@H](O[C@@H]7OC[C@H](O)[C@H](O)[C@H]7O)C(C)(C)C6CC[C@@]5(C)[C@]3(C)CC4)O[C@H](CO[C@@H]3O[C@H](CO)[C@@H](O)[C@H](O)[C@H]3O)[C@@H](O)[C@@H]2O)[C@H](O)[C@H](O)[C@H]1O. The lowest BCUT2D eigenvalue weighted by Gasteiger charge is -2.71. The predicted molar refractivity (Wildman–Crippen MR) is 255 cm³/mol. The summed E-state index contributed by atoms with van der Waals surface area (Å²) in [4.78, 5) is 15.5. The second-order valence-corrected chi connectivity index (χ2v) is 25.8. The molecule has 3 unspecified atom stereocenters. The summed E-state index contributed by atoms with van der Waals surface area (Å²) in [5, 5.41) is 128. The Kier molecular flexibility index (Phi) is 15.8. The lowest BCUT2D eigenvalue weighted by atomic mass is 9.33. The lowest BCUT2D eigenvalue weighted by Crippen LogP contribution is -2.66. The van der Waals surface area contributed by atoms with E-state index >= 15 is 4.79 Å². The number of fused-ring (bicyclic) bond motifs is 7. The number of carbonyl (C=O) groups excluding carboxylic acids is 1. The van der Waals surface area contributed by atoms with Crippen LogP contribution in [-0.4, -0.2) is 210 Å². The third-order valence-electron chi connectivity index (χ3n) is 21.0. The van der Waals surface area contributed by atoms with E-state index in [1.807, 2.05) is 0 Å². The van der Waals surface area contributed by atoms with Gasteiger partial charge in [0.25, 0.3) is 0 Å². The molecule has 21 nitrogen and oxygen atoms in total. The smallest absolute Gasteiger partial charge is 0.315 e. The number of ether oxygens (including phenoxy) is 8. The third-order valence-corrected chi connectivity index (χ3v) is 21.0. The summed E-state index contributed by atoms with van der Waals surface area (Å²) in [6.07, 6.45) is -20.4. The van der Waals surface area contributed by atoms with E-state index in [0.717, 1.165) is 25.7 Å². The average molecular weight is 1060 g/mol. The van der Waals surface area contributed by atoms with E-state index in [0.29, 0.717) is 38.5 Å². The Labute approximate surface area is 433 Å². The summed E-state index contributed by atoms with van der Waals surface area (Å²) in [5.41, 5.74) is -0.928. The van der Waals surface area contributed by atoms with E-state index in [4.69, 9.17) is 37.9 Å². The number of esters is 1. The van der Waals surface area contributed by atoms with Crippen LogP contribution in [0.25, 0.3) is 0 Å². The maximum absolute atomic E-state index is 15.5. The van der Waals surface area contributed by atoms with Gasteiger partial charge in [-0.2, -0.15) is 0 Å². The predicted octanol–water partition coefficient (Wildman–Crippen LogP) is -0.369. The molecule has 4 heterocycles. The maximum atomic E-state index is 15.5. The molecule has 8 fully saturated rings. The van der Waals surface area contributed by atoms with Crippen molar-refractivity contribution in [2.24, 2.45) is 50.2 Å². The van der Waals surface area contributed by atoms with E-state index < -0.39 is 141 Å². The Morgan fingerprint density at radius 2 is 1.27 bits per heavy atom. The minimum Gasteiger partial charge on any atom is -0.432 e. The summed E-state index contributed by atoms with van der Waals surface area (Å²) in [6.45, 7) is 16.1. The van der Waals surface area contributed by atoms with Gasteiger partial charge in [0.15, 0.2) is 25.0 Å². The normalized spacial score (nSPS) is 54.1. The highest BCUT2D eigenvalue weighted by atomic mass is 16.8. The van der Waals surface area contributed by atoms with Crippen molar-refractivity contribution < 1.29 is 104 Å². The van der Waals surface area contributed by atoms with Crippen LogP contribution in [0.3, 0.4) is 0 Å². The molecule has 424 valence electrons. The van der Waals surface area contributed by atoms with Gasteiger partial charge in [0.05, 0.1) is 37.4 Å². The van der Waals surface area contributed by atoms with Gasteiger partial charge in [-0.25, -0.2) is 0 Å². The highest BCUT2D eigenvalue weighted by Crippen LogP contribution is 2.76. The van der Waals surface area contributed by atoms with Crippen molar-refractivity contribution in [2.45, 2.75) is 242 Å². The lowest BCUT2D eigenvalue weighted by molar-refractivity contribution is -0.366. The quantitative estimate of drug-likeness (QED) is 0.0755. The fraction of sp³-hybridized carbons (Fsp3) is 0.943. The highest BCUT2D eigenvalue weighted by Gasteiger charge is 2.70. The van der Waals surface area contributed by atoms with Gasteiger partial charge >= 0.3 is 5.97 Å². The zero-order chi connectivity index (χ0) is 54.0. The number of hydrogen-bond acceptors (Lipinski definition) is 21. The van der Waals surface area contributed by atoms with Gasteiger partial charge in [0.1, 0.15) is 79.4 Å². The van der Waals surface area contributed by atoms with Crippen LogP contribution in [0.15, 0.2) is 11.6 Å². The van der Waals surface area contributed by atoms with Crippen LogP contribution in [0, 0.1) is 50.2 Å². The first-order valence-electron chi connectivity index (χ1n) is 27.1. The molecule has 0 bridgehead atoms. The zero-order valence-electron chi connectivity index (χ0n) is 44.1. The molecule has 9 rings (SSSR count). The number of aliphatic hydroxyl groups excluding tert-OH is 12. The van der Waals surface area contributed by atoms with Gasteiger partial charge < -0.3 is 99.2 Å². The van der Waals surface area contributed by atoms with Crippen LogP contribution in [0.2, 0.25) is 0 Å². The maximum Gasteiger partial charge on any atom is 0.315 e. The van der Waals surface area contributed by atoms with Crippen molar-refractivity contribution in [2.75, 3.05) is 19.8 Å². The van der Waals surface area contributed by atoms with Gasteiger partial charge in [0.2, 0.25) is 6.29 Å². The Morgan fingerprint density at radius 3 is 1.97 bits per heavy atom. The molecule has 4 aliphatic heterocycles. The van der Waals surface area contributed by atoms with Gasteiger partial charge in [-0.1, -0.05) is 60.1 Å². The molecule has 12 N–H and O–H groups in total. The summed E-state index contributed by atoms with van der Waals surface area (Å²) < 4.78 is 48.0. The standard InChI is InChI=1S/C53H86O21/c1-23-32(56)36(60)41(65)45(69-23)73-42-38(62)35(59)28(22-68-43-40(64)37(61)34(58)27(20-54)70-43)71-46(42)74-47(66)53-17-15-48(2,3)19-25(53)24-9-10-30-50(6)13-12-31(72-44-39(63)33(57)26(55)21-67-44)49(4,5)29(50)11-14-52(30,8)51(24,7)16-18-53/h9,23,25-46,54-65H,10-22H2,1-8H3/t23-,25?,26-,27+,28+,29?,30?,31-,32-,33-,34+,35+,36+,37-,38-,39+,40+,41+,42+,43+,44-,45-,46-,50-,51+,52+,53-/m0/s1. The molecule has 27 atom stereocenters. The van der Waals surface area contributed by atoms with E-state index in [-0.39, 0.29) is 57.5 Å². The molecule has 0 aromatic carbocycles. The topological polar surface area (TPSA) is 334 Å². The molecule has 21 heteroatoms. The second-order valence-electron chi connectivity index (χ2n) is 25.8. The van der Waals surface area contributed by atoms with E-state index in [2.05, 4.69) is 54.5 Å². The summed E-state index contributed by atoms with van der Waals surface area (Å²) in [7, 11) is 0. The molecule has 0 aromatic rings. The molecule has 4 saturated carbocycles. The number of hydrogen-bond donors (Lipinski definition) is 12. The molecular weight excluding hydrogens is 973 g/mol. The van der Waals surface area contributed by atoms with Crippen LogP contribution >= 0.6 is 0 Å². The molecule has 9 aliphatic rings. The molecule has 0 spiro atoms. The zero-order valence-corrected chi connectivity index (χ0v) is 44.1. The van der Waals surface area contributed by atoms with E-state index in [1.54, 1.807) is 0 Å². The van der Waals surface area contributed by atoms with Crippen LogP contribution in [0.5, 0.6) is 0 Å². The van der Waals surface area contributed by atoms with Crippen LogP contribution in [0.4, 0.5) is 0 Å². The van der Waals surface area contributed by atoms with E-state index in [9.17, 15) is 61.3 Å². The van der Waals surface area contributed by atoms with E-state index in [1.165, 1.54) is 12.5 Å². The molecular formula is C53H86O21. The summed E-state index contributed by atoms with van der Waals surface area (Å²) in [6, 6.07) is 0. The Morgan fingerprint density at radius 1 is 0.635 bits per heavy atom. The second kappa shape index (κ2) is 20.5. The summed E-state index contributed by atoms with van der Waals surface area (Å²) >= 11 is 0. The number of carbonyl (C=O) groups is 1. The average Bonchev–Trinajstić information content (AvgIpc) is 3.35. The third kappa shape index (κ3) is 9.27. The molecule has 74 heavy (non-hydrogen) atoms. The Balaban J connectivity index is 0.988. The molecule has 0 aromatic heterocycles. The van der Waals surface area contributed by atoms with Crippen molar-refractivity contribution in [3.63, 3.8) is 0 Å². The molecule has 0 amide bonds. The minimum atomic E-state index is -1.91. The minimum absolute atomic E-state index is 0.105. The van der Waals surface area contributed by atoms with Gasteiger partial charge in [-0.15, -0.1) is 0 Å². The highest BCUT2D eigenvalue weighted by molar-refractivity contribution is 5.79. The van der Waals surface area contributed by atoms with Crippen molar-refractivity contribution in [1.29, 1.82) is 0 Å². The van der Waals surface area contributed by atoms with Crippen molar-refractivity contribution in [3.8, 4) is 0 Å². The first kappa shape index (κ1) is 57.1.